The molecule has 0 N–H and O–H groups in total. The van der Waals surface area contributed by atoms with Crippen LogP contribution in [0.15, 0.2) is 18.3 Å². The fourth-order valence-corrected chi connectivity index (χ4v) is 1.74. The highest BCUT2D eigenvalue weighted by atomic mass is 35.5. The lowest BCUT2D eigenvalue weighted by Gasteiger charge is -2.02. The van der Waals surface area contributed by atoms with Crippen molar-refractivity contribution < 1.29 is 9.53 Å². The van der Waals surface area contributed by atoms with Gasteiger partial charge in [0.25, 0.3) is 0 Å². The topological polar surface area (TPSA) is 44.1 Å². The van der Waals surface area contributed by atoms with Gasteiger partial charge in [0.15, 0.2) is 0 Å². The summed E-state index contributed by atoms with van der Waals surface area (Å²) in [5.41, 5.74) is 1.09. The number of esters is 1. The van der Waals surface area contributed by atoms with E-state index in [1.807, 2.05) is 0 Å². The SMILES string of the molecule is COC(=O)c1c(Cl)ccc2nn(C)cc12. The Labute approximate surface area is 91.4 Å². The predicted octanol–water partition coefficient (Wildman–Crippen LogP) is 2.01. The summed E-state index contributed by atoms with van der Waals surface area (Å²) in [5.74, 6) is -0.446. The monoisotopic (exact) mass is 224 g/mol. The molecule has 1 aromatic heterocycles. The van der Waals surface area contributed by atoms with Crippen molar-refractivity contribution in [1.29, 1.82) is 0 Å². The molecule has 2 rings (SSSR count). The Morgan fingerprint density at radius 3 is 2.93 bits per heavy atom. The Morgan fingerprint density at radius 2 is 2.27 bits per heavy atom. The number of nitrogens with zero attached hydrogens (tertiary/aromatic N) is 2. The Bertz CT molecular complexity index is 533. The van der Waals surface area contributed by atoms with Crippen molar-refractivity contribution >= 4 is 28.5 Å². The third-order valence-electron chi connectivity index (χ3n) is 2.14. The molecular weight excluding hydrogens is 216 g/mol. The van der Waals surface area contributed by atoms with E-state index in [-0.39, 0.29) is 0 Å². The van der Waals surface area contributed by atoms with Gasteiger partial charge in [-0.25, -0.2) is 4.79 Å². The maximum Gasteiger partial charge on any atom is 0.340 e. The molecule has 0 aliphatic rings. The van der Waals surface area contributed by atoms with Crippen LogP contribution in [-0.4, -0.2) is 22.9 Å². The molecule has 0 amide bonds. The van der Waals surface area contributed by atoms with Gasteiger partial charge >= 0.3 is 5.97 Å². The molecule has 0 unspecified atom stereocenters. The lowest BCUT2D eigenvalue weighted by Crippen LogP contribution is -2.02. The summed E-state index contributed by atoms with van der Waals surface area (Å²) in [4.78, 5) is 11.5. The standard InChI is InChI=1S/C10H9ClN2O2/c1-13-5-6-8(12-13)4-3-7(11)9(6)10(14)15-2/h3-5H,1-2H3. The van der Waals surface area contributed by atoms with E-state index >= 15 is 0 Å². The third kappa shape index (κ3) is 1.57. The minimum absolute atomic E-state index is 0.366. The molecule has 0 fully saturated rings. The van der Waals surface area contributed by atoms with Gasteiger partial charge in [0.2, 0.25) is 0 Å². The molecule has 15 heavy (non-hydrogen) atoms. The molecule has 0 aliphatic carbocycles. The first kappa shape index (κ1) is 9.98. The van der Waals surface area contributed by atoms with Crippen molar-refractivity contribution in [1.82, 2.24) is 9.78 Å². The fourth-order valence-electron chi connectivity index (χ4n) is 1.49. The van der Waals surface area contributed by atoms with Crippen molar-refractivity contribution in [2.45, 2.75) is 0 Å². The number of hydrogen-bond donors (Lipinski definition) is 0. The second-order valence-electron chi connectivity index (χ2n) is 3.15. The second-order valence-corrected chi connectivity index (χ2v) is 3.56. The molecule has 0 atom stereocenters. The van der Waals surface area contributed by atoms with E-state index in [4.69, 9.17) is 11.6 Å². The lowest BCUT2D eigenvalue weighted by molar-refractivity contribution is 0.0603. The van der Waals surface area contributed by atoms with Crippen LogP contribution >= 0.6 is 11.6 Å². The van der Waals surface area contributed by atoms with Gasteiger partial charge in [0, 0.05) is 18.6 Å². The van der Waals surface area contributed by atoms with E-state index in [0.717, 1.165) is 5.52 Å². The minimum atomic E-state index is -0.446. The van der Waals surface area contributed by atoms with Crippen molar-refractivity contribution in [3.05, 3.63) is 28.9 Å². The molecular formula is C10H9ClN2O2. The Kier molecular flexibility index (Phi) is 2.36. The first-order valence-electron chi connectivity index (χ1n) is 4.33. The summed E-state index contributed by atoms with van der Waals surface area (Å²) in [7, 11) is 3.11. The van der Waals surface area contributed by atoms with E-state index in [0.29, 0.717) is 16.0 Å². The molecule has 0 saturated carbocycles. The van der Waals surface area contributed by atoms with Crippen LogP contribution < -0.4 is 0 Å². The predicted molar refractivity (Wildman–Crippen MR) is 57.1 cm³/mol. The minimum Gasteiger partial charge on any atom is -0.465 e. The fraction of sp³-hybridized carbons (Fsp3) is 0.200. The van der Waals surface area contributed by atoms with Gasteiger partial charge in [0.1, 0.15) is 0 Å². The lowest BCUT2D eigenvalue weighted by atomic mass is 10.1. The van der Waals surface area contributed by atoms with Crippen LogP contribution in [0.3, 0.4) is 0 Å². The van der Waals surface area contributed by atoms with Crippen LogP contribution in [0.4, 0.5) is 0 Å². The number of rotatable bonds is 1. The van der Waals surface area contributed by atoms with Crippen molar-refractivity contribution in [2.75, 3.05) is 7.11 Å². The molecule has 4 nitrogen and oxygen atoms in total. The Balaban J connectivity index is 2.78. The molecule has 1 heterocycles. The summed E-state index contributed by atoms with van der Waals surface area (Å²) in [6.07, 6.45) is 1.74. The molecule has 0 aliphatic heterocycles. The van der Waals surface area contributed by atoms with E-state index < -0.39 is 5.97 Å². The van der Waals surface area contributed by atoms with Gasteiger partial charge in [-0.15, -0.1) is 0 Å². The third-order valence-corrected chi connectivity index (χ3v) is 2.46. The maximum absolute atomic E-state index is 11.5. The van der Waals surface area contributed by atoms with Crippen LogP contribution in [0.2, 0.25) is 5.02 Å². The van der Waals surface area contributed by atoms with Crippen molar-refractivity contribution in [2.24, 2.45) is 7.05 Å². The quantitative estimate of drug-likeness (QED) is 0.696. The first-order chi connectivity index (χ1) is 7.13. The van der Waals surface area contributed by atoms with E-state index in [1.54, 1.807) is 30.1 Å². The first-order valence-corrected chi connectivity index (χ1v) is 4.71. The van der Waals surface area contributed by atoms with E-state index in [2.05, 4.69) is 9.84 Å². The summed E-state index contributed by atoms with van der Waals surface area (Å²) in [5, 5.41) is 5.26. The molecule has 1 aromatic carbocycles. The zero-order valence-electron chi connectivity index (χ0n) is 8.32. The Hall–Kier alpha value is -1.55. The Morgan fingerprint density at radius 1 is 1.53 bits per heavy atom. The largest absolute Gasteiger partial charge is 0.465 e. The second kappa shape index (κ2) is 3.55. The van der Waals surface area contributed by atoms with Crippen molar-refractivity contribution in [3.63, 3.8) is 0 Å². The molecule has 5 heteroatoms. The molecule has 78 valence electrons. The zero-order chi connectivity index (χ0) is 11.0. The highest BCUT2D eigenvalue weighted by Crippen LogP contribution is 2.25. The average Bonchev–Trinajstić information content (AvgIpc) is 2.57. The number of aryl methyl sites for hydroxylation is 1. The number of hydrogen-bond acceptors (Lipinski definition) is 3. The van der Waals surface area contributed by atoms with Crippen LogP contribution in [0.1, 0.15) is 10.4 Å². The van der Waals surface area contributed by atoms with Gasteiger partial charge in [0.05, 0.1) is 23.2 Å². The smallest absolute Gasteiger partial charge is 0.340 e. The van der Waals surface area contributed by atoms with Crippen LogP contribution in [0.5, 0.6) is 0 Å². The summed E-state index contributed by atoms with van der Waals surface area (Å²) >= 11 is 5.95. The highest BCUT2D eigenvalue weighted by molar-refractivity contribution is 6.35. The summed E-state index contributed by atoms with van der Waals surface area (Å²) in [6, 6.07) is 3.41. The molecule has 0 spiro atoms. The molecule has 0 bridgehead atoms. The van der Waals surface area contributed by atoms with Gasteiger partial charge < -0.3 is 4.74 Å². The van der Waals surface area contributed by atoms with Crippen LogP contribution in [0.25, 0.3) is 10.9 Å². The molecule has 0 saturated heterocycles. The van der Waals surface area contributed by atoms with Crippen LogP contribution in [0, 0.1) is 0 Å². The number of fused-ring (bicyclic) bond motifs is 1. The highest BCUT2D eigenvalue weighted by Gasteiger charge is 2.16. The molecule has 2 aromatic rings. The number of ether oxygens (including phenoxy) is 1. The number of carbonyl (C=O) groups excluding carboxylic acids is 1. The van der Waals surface area contributed by atoms with E-state index in [1.165, 1.54) is 7.11 Å². The van der Waals surface area contributed by atoms with E-state index in [9.17, 15) is 4.79 Å². The van der Waals surface area contributed by atoms with Crippen LogP contribution in [-0.2, 0) is 11.8 Å². The summed E-state index contributed by atoms with van der Waals surface area (Å²) in [6.45, 7) is 0. The molecule has 0 radical (unpaired) electrons. The average molecular weight is 225 g/mol. The zero-order valence-corrected chi connectivity index (χ0v) is 9.08. The van der Waals surface area contributed by atoms with Crippen molar-refractivity contribution in [3.8, 4) is 0 Å². The normalized spacial score (nSPS) is 10.6. The number of carbonyl (C=O) groups is 1. The van der Waals surface area contributed by atoms with Gasteiger partial charge in [-0.2, -0.15) is 5.10 Å². The van der Waals surface area contributed by atoms with Gasteiger partial charge in [-0.05, 0) is 12.1 Å². The number of aromatic nitrogens is 2. The number of methoxy groups -OCH3 is 1. The van der Waals surface area contributed by atoms with Gasteiger partial charge in [-0.3, -0.25) is 4.68 Å². The van der Waals surface area contributed by atoms with Gasteiger partial charge in [-0.1, -0.05) is 11.6 Å². The maximum atomic E-state index is 11.5. The number of halogens is 1. The summed E-state index contributed by atoms with van der Waals surface area (Å²) < 4.78 is 6.31. The number of benzene rings is 1.